The van der Waals surface area contributed by atoms with Crippen LogP contribution < -0.4 is 0 Å². The number of benzene rings is 1. The van der Waals surface area contributed by atoms with Crippen molar-refractivity contribution in [3.63, 3.8) is 0 Å². The Morgan fingerprint density at radius 1 is 1.35 bits per heavy atom. The molecule has 1 heterocycles. The molecule has 0 saturated carbocycles. The maximum Gasteiger partial charge on any atom is 0.0860 e. The van der Waals surface area contributed by atoms with E-state index in [9.17, 15) is 5.11 Å². The van der Waals surface area contributed by atoms with E-state index in [-0.39, 0.29) is 12.2 Å². The fourth-order valence-electron chi connectivity index (χ4n) is 2.53. The predicted molar refractivity (Wildman–Crippen MR) is 68.9 cm³/mol. The number of hydrogen-bond donors (Lipinski definition) is 1. The third-order valence-corrected chi connectivity index (χ3v) is 3.63. The first kappa shape index (κ1) is 12.6. The summed E-state index contributed by atoms with van der Waals surface area (Å²) in [6.07, 6.45) is 3.75. The Kier molecular flexibility index (Phi) is 4.57. The SMILES string of the molecule is CC1CCOC1C(O)CCCc1ccccc1. The van der Waals surface area contributed by atoms with E-state index in [0.717, 1.165) is 32.3 Å². The van der Waals surface area contributed by atoms with Gasteiger partial charge in [-0.3, -0.25) is 0 Å². The zero-order valence-electron chi connectivity index (χ0n) is 10.5. The molecule has 2 rings (SSSR count). The van der Waals surface area contributed by atoms with Crippen LogP contribution >= 0.6 is 0 Å². The molecule has 17 heavy (non-hydrogen) atoms. The van der Waals surface area contributed by atoms with Crippen molar-refractivity contribution in [2.75, 3.05) is 6.61 Å². The van der Waals surface area contributed by atoms with Gasteiger partial charge in [-0.1, -0.05) is 37.3 Å². The first-order valence-corrected chi connectivity index (χ1v) is 6.61. The summed E-state index contributed by atoms with van der Waals surface area (Å²) in [5, 5.41) is 10.1. The summed E-state index contributed by atoms with van der Waals surface area (Å²) in [7, 11) is 0. The van der Waals surface area contributed by atoms with Gasteiger partial charge in [0, 0.05) is 6.61 Å². The fourth-order valence-corrected chi connectivity index (χ4v) is 2.53. The van der Waals surface area contributed by atoms with E-state index in [4.69, 9.17) is 4.74 Å². The molecule has 2 heteroatoms. The zero-order chi connectivity index (χ0) is 12.1. The number of ether oxygens (including phenoxy) is 1. The lowest BCUT2D eigenvalue weighted by Crippen LogP contribution is -2.29. The maximum atomic E-state index is 10.1. The molecular weight excluding hydrogens is 212 g/mol. The minimum Gasteiger partial charge on any atom is -0.390 e. The average molecular weight is 234 g/mol. The minimum absolute atomic E-state index is 0.0609. The Labute approximate surface area is 104 Å². The molecule has 1 aliphatic heterocycles. The molecule has 2 nitrogen and oxygen atoms in total. The van der Waals surface area contributed by atoms with Gasteiger partial charge in [-0.15, -0.1) is 0 Å². The summed E-state index contributed by atoms with van der Waals surface area (Å²) < 4.78 is 5.58. The number of aryl methyl sites for hydroxylation is 1. The van der Waals surface area contributed by atoms with Crippen molar-refractivity contribution in [3.8, 4) is 0 Å². The van der Waals surface area contributed by atoms with Crippen LogP contribution in [0.2, 0.25) is 0 Å². The molecule has 1 fully saturated rings. The number of aliphatic hydroxyl groups is 1. The number of rotatable bonds is 5. The van der Waals surface area contributed by atoms with Crippen molar-refractivity contribution in [2.45, 2.75) is 44.8 Å². The van der Waals surface area contributed by atoms with Crippen LogP contribution in [0.15, 0.2) is 30.3 Å². The lowest BCUT2D eigenvalue weighted by Gasteiger charge is -2.21. The van der Waals surface area contributed by atoms with Crippen LogP contribution in [0, 0.1) is 5.92 Å². The maximum absolute atomic E-state index is 10.1. The quantitative estimate of drug-likeness (QED) is 0.849. The van der Waals surface area contributed by atoms with Crippen LogP contribution in [-0.2, 0) is 11.2 Å². The van der Waals surface area contributed by atoms with Gasteiger partial charge in [0.1, 0.15) is 0 Å². The Morgan fingerprint density at radius 2 is 2.12 bits per heavy atom. The van der Waals surface area contributed by atoms with E-state index < -0.39 is 0 Å². The Morgan fingerprint density at radius 3 is 2.76 bits per heavy atom. The van der Waals surface area contributed by atoms with Gasteiger partial charge in [-0.25, -0.2) is 0 Å². The summed E-state index contributed by atoms with van der Waals surface area (Å²) >= 11 is 0. The molecule has 0 amide bonds. The van der Waals surface area contributed by atoms with Crippen molar-refractivity contribution in [2.24, 2.45) is 5.92 Å². The summed E-state index contributed by atoms with van der Waals surface area (Å²) in [5.74, 6) is 0.502. The van der Waals surface area contributed by atoms with E-state index in [1.165, 1.54) is 5.56 Å². The van der Waals surface area contributed by atoms with Gasteiger partial charge in [-0.05, 0) is 37.2 Å². The van der Waals surface area contributed by atoms with Gasteiger partial charge in [0.25, 0.3) is 0 Å². The summed E-state index contributed by atoms with van der Waals surface area (Å²) in [4.78, 5) is 0. The molecule has 0 spiro atoms. The third kappa shape index (κ3) is 3.55. The first-order chi connectivity index (χ1) is 8.27. The molecule has 3 atom stereocenters. The Hall–Kier alpha value is -0.860. The van der Waals surface area contributed by atoms with Gasteiger partial charge in [0.2, 0.25) is 0 Å². The smallest absolute Gasteiger partial charge is 0.0860 e. The average Bonchev–Trinajstić information content (AvgIpc) is 2.77. The second-order valence-electron chi connectivity index (χ2n) is 5.05. The highest BCUT2D eigenvalue weighted by molar-refractivity contribution is 5.14. The van der Waals surface area contributed by atoms with Gasteiger partial charge in [0.15, 0.2) is 0 Å². The predicted octanol–water partition coefficient (Wildman–Crippen LogP) is 2.80. The highest BCUT2D eigenvalue weighted by Crippen LogP contribution is 2.25. The van der Waals surface area contributed by atoms with Crippen LogP contribution in [0.1, 0.15) is 31.7 Å². The van der Waals surface area contributed by atoms with Crippen molar-refractivity contribution in [1.82, 2.24) is 0 Å². The lowest BCUT2D eigenvalue weighted by atomic mass is 9.95. The van der Waals surface area contributed by atoms with Crippen molar-refractivity contribution < 1.29 is 9.84 Å². The van der Waals surface area contributed by atoms with Crippen molar-refractivity contribution in [1.29, 1.82) is 0 Å². The van der Waals surface area contributed by atoms with Crippen LogP contribution in [0.3, 0.4) is 0 Å². The van der Waals surface area contributed by atoms with E-state index in [1.54, 1.807) is 0 Å². The summed E-state index contributed by atoms with van der Waals surface area (Å²) in [6, 6.07) is 10.4. The first-order valence-electron chi connectivity index (χ1n) is 6.61. The highest BCUT2D eigenvalue weighted by Gasteiger charge is 2.30. The molecule has 0 radical (unpaired) electrons. The molecule has 0 bridgehead atoms. The molecule has 94 valence electrons. The van der Waals surface area contributed by atoms with E-state index in [2.05, 4.69) is 31.2 Å². The van der Waals surface area contributed by atoms with Crippen LogP contribution in [0.4, 0.5) is 0 Å². The fraction of sp³-hybridized carbons (Fsp3) is 0.600. The molecule has 1 aromatic carbocycles. The molecule has 3 unspecified atom stereocenters. The van der Waals surface area contributed by atoms with E-state index in [0.29, 0.717) is 5.92 Å². The molecular formula is C15H22O2. The highest BCUT2D eigenvalue weighted by atomic mass is 16.5. The second-order valence-corrected chi connectivity index (χ2v) is 5.05. The van der Waals surface area contributed by atoms with Crippen molar-refractivity contribution >= 4 is 0 Å². The lowest BCUT2D eigenvalue weighted by molar-refractivity contribution is -0.0207. The van der Waals surface area contributed by atoms with Crippen LogP contribution in [0.5, 0.6) is 0 Å². The Balaban J connectivity index is 1.71. The topological polar surface area (TPSA) is 29.5 Å². The number of hydrogen-bond acceptors (Lipinski definition) is 2. The normalized spacial score (nSPS) is 26.0. The molecule has 0 aliphatic carbocycles. The second kappa shape index (κ2) is 6.18. The molecule has 1 saturated heterocycles. The monoisotopic (exact) mass is 234 g/mol. The number of aliphatic hydroxyl groups excluding tert-OH is 1. The minimum atomic E-state index is -0.295. The molecule has 1 aromatic rings. The largest absolute Gasteiger partial charge is 0.390 e. The van der Waals surface area contributed by atoms with E-state index in [1.807, 2.05) is 6.07 Å². The Bertz CT molecular complexity index is 323. The molecule has 0 aromatic heterocycles. The summed E-state index contributed by atoms with van der Waals surface area (Å²) in [6.45, 7) is 2.97. The summed E-state index contributed by atoms with van der Waals surface area (Å²) in [5.41, 5.74) is 1.35. The van der Waals surface area contributed by atoms with Crippen LogP contribution in [0.25, 0.3) is 0 Å². The van der Waals surface area contributed by atoms with E-state index >= 15 is 0 Å². The van der Waals surface area contributed by atoms with Gasteiger partial charge < -0.3 is 9.84 Å². The standard InChI is InChI=1S/C15H22O2/c1-12-10-11-17-15(12)14(16)9-5-8-13-6-3-2-4-7-13/h2-4,6-7,12,14-16H,5,8-11H2,1H3. The zero-order valence-corrected chi connectivity index (χ0v) is 10.5. The van der Waals surface area contributed by atoms with Crippen LogP contribution in [-0.4, -0.2) is 23.9 Å². The van der Waals surface area contributed by atoms with Crippen molar-refractivity contribution in [3.05, 3.63) is 35.9 Å². The molecule has 1 aliphatic rings. The van der Waals surface area contributed by atoms with Gasteiger partial charge >= 0.3 is 0 Å². The van der Waals surface area contributed by atoms with Gasteiger partial charge in [0.05, 0.1) is 12.2 Å². The molecule has 1 N–H and O–H groups in total. The third-order valence-electron chi connectivity index (χ3n) is 3.63. The van der Waals surface area contributed by atoms with Gasteiger partial charge in [-0.2, -0.15) is 0 Å².